The summed E-state index contributed by atoms with van der Waals surface area (Å²) in [6.45, 7) is 0. The average Bonchev–Trinajstić information content (AvgIpc) is 2.59. The van der Waals surface area contributed by atoms with Gasteiger partial charge in [-0.2, -0.15) is 5.26 Å². The van der Waals surface area contributed by atoms with Gasteiger partial charge in [-0.3, -0.25) is 0 Å². The molecule has 2 nitrogen and oxygen atoms in total. The number of rotatable bonds is 2. The van der Waals surface area contributed by atoms with Gasteiger partial charge < -0.3 is 5.11 Å². The van der Waals surface area contributed by atoms with E-state index in [-0.39, 0.29) is 0 Å². The van der Waals surface area contributed by atoms with Crippen LogP contribution in [0, 0.1) is 16.7 Å². The Kier molecular flexibility index (Phi) is 4.87. The molecule has 98 valence electrons. The van der Waals surface area contributed by atoms with Crippen LogP contribution in [0.25, 0.3) is 0 Å². The van der Waals surface area contributed by atoms with Gasteiger partial charge >= 0.3 is 0 Å². The van der Waals surface area contributed by atoms with Crippen LogP contribution in [0.1, 0.15) is 49.5 Å². The molecule has 0 saturated heterocycles. The van der Waals surface area contributed by atoms with Gasteiger partial charge in [-0.05, 0) is 50.8 Å². The topological polar surface area (TPSA) is 44.0 Å². The van der Waals surface area contributed by atoms with Gasteiger partial charge in [0, 0.05) is 9.35 Å². The van der Waals surface area contributed by atoms with Crippen LogP contribution in [-0.4, -0.2) is 5.11 Å². The first-order valence-corrected chi connectivity index (χ1v) is 8.53. The van der Waals surface area contributed by atoms with E-state index >= 15 is 0 Å². The van der Waals surface area contributed by atoms with E-state index in [1.807, 2.05) is 6.07 Å². The molecule has 0 aromatic carbocycles. The van der Waals surface area contributed by atoms with E-state index in [1.165, 1.54) is 24.2 Å². The number of halogens is 2. The molecule has 1 atom stereocenters. The average molecular weight is 393 g/mol. The van der Waals surface area contributed by atoms with Gasteiger partial charge in [0.15, 0.2) is 0 Å². The summed E-state index contributed by atoms with van der Waals surface area (Å²) in [5, 5.41) is 20.2. The Morgan fingerprint density at radius 2 is 1.89 bits per heavy atom. The summed E-state index contributed by atoms with van der Waals surface area (Å²) in [5.41, 5.74) is -0.597. The third-order valence-electron chi connectivity index (χ3n) is 3.68. The fourth-order valence-electron chi connectivity index (χ4n) is 2.58. The molecule has 1 heterocycles. The Balaban J connectivity index is 2.29. The number of nitrogens with zero attached hydrogens (tertiary/aromatic N) is 1. The first kappa shape index (κ1) is 14.5. The van der Waals surface area contributed by atoms with Crippen LogP contribution in [-0.2, 0) is 0 Å². The molecular weight excluding hydrogens is 378 g/mol. The van der Waals surface area contributed by atoms with Gasteiger partial charge in [0.1, 0.15) is 6.10 Å². The lowest BCUT2D eigenvalue weighted by atomic mass is 9.76. The second-order valence-electron chi connectivity index (χ2n) is 4.86. The largest absolute Gasteiger partial charge is 0.386 e. The van der Waals surface area contributed by atoms with Crippen LogP contribution >= 0.6 is 43.2 Å². The minimum absolute atomic E-state index is 0.597. The highest BCUT2D eigenvalue weighted by atomic mass is 79.9. The highest BCUT2D eigenvalue weighted by Crippen LogP contribution is 2.48. The van der Waals surface area contributed by atoms with Crippen LogP contribution in [0.5, 0.6) is 0 Å². The van der Waals surface area contributed by atoms with Gasteiger partial charge in [-0.15, -0.1) is 11.3 Å². The Bertz CT molecular complexity index is 439. The fraction of sp³-hybridized carbons (Fsp3) is 0.615. The van der Waals surface area contributed by atoms with E-state index < -0.39 is 11.5 Å². The molecular formula is C13H15Br2NOS. The molecule has 1 aliphatic carbocycles. The van der Waals surface area contributed by atoms with E-state index in [9.17, 15) is 10.4 Å². The molecule has 0 radical (unpaired) electrons. The van der Waals surface area contributed by atoms with Crippen LogP contribution < -0.4 is 0 Å². The van der Waals surface area contributed by atoms with Crippen molar-refractivity contribution in [3.05, 3.63) is 19.2 Å². The molecule has 18 heavy (non-hydrogen) atoms. The van der Waals surface area contributed by atoms with Crippen LogP contribution in [0.3, 0.4) is 0 Å². The zero-order chi connectivity index (χ0) is 13.2. The number of nitriles is 1. The summed E-state index contributed by atoms with van der Waals surface area (Å²) in [6.07, 6.45) is 5.36. The van der Waals surface area contributed by atoms with Crippen molar-refractivity contribution in [1.82, 2.24) is 0 Å². The summed E-state index contributed by atoms with van der Waals surface area (Å²) in [5.74, 6) is 0. The molecule has 0 amide bonds. The number of thiophene rings is 1. The van der Waals surface area contributed by atoms with Crippen molar-refractivity contribution in [3.63, 3.8) is 0 Å². The second kappa shape index (κ2) is 6.04. The van der Waals surface area contributed by atoms with E-state index in [0.717, 1.165) is 38.8 Å². The molecule has 0 aliphatic heterocycles. The van der Waals surface area contributed by atoms with E-state index in [4.69, 9.17) is 0 Å². The third kappa shape index (κ3) is 2.82. The van der Waals surface area contributed by atoms with Gasteiger partial charge in [-0.25, -0.2) is 0 Å². The zero-order valence-electron chi connectivity index (χ0n) is 9.96. The summed E-state index contributed by atoms with van der Waals surface area (Å²) in [6, 6.07) is 4.33. The van der Waals surface area contributed by atoms with Gasteiger partial charge in [0.05, 0.1) is 15.3 Å². The Morgan fingerprint density at radius 3 is 2.33 bits per heavy atom. The molecule has 2 rings (SSSR count). The molecule has 1 N–H and O–H groups in total. The van der Waals surface area contributed by atoms with Crippen molar-refractivity contribution < 1.29 is 5.11 Å². The maximum Gasteiger partial charge on any atom is 0.107 e. The Labute approximate surface area is 128 Å². The van der Waals surface area contributed by atoms with E-state index in [2.05, 4.69) is 37.9 Å². The maximum absolute atomic E-state index is 10.6. The SMILES string of the molecule is N#CC1(C(O)c2cc(Br)c(Br)s2)CCCCCC1. The quantitative estimate of drug-likeness (QED) is 0.705. The normalized spacial score (nSPS) is 21.0. The Hall–Kier alpha value is 0.110. The van der Waals surface area contributed by atoms with Crippen molar-refractivity contribution in [3.8, 4) is 6.07 Å². The standard InChI is InChI=1S/C13H15Br2NOS/c14-9-7-10(18-12(9)15)11(17)13(8-16)5-3-1-2-4-6-13/h7,11,17H,1-6H2. The number of aliphatic hydroxyl groups is 1. The number of aliphatic hydroxyl groups excluding tert-OH is 1. The van der Waals surface area contributed by atoms with Gasteiger partial charge in [-0.1, -0.05) is 25.7 Å². The van der Waals surface area contributed by atoms with Crippen LogP contribution in [0.15, 0.2) is 14.3 Å². The molecule has 1 aromatic heterocycles. The van der Waals surface area contributed by atoms with Crippen molar-refractivity contribution in [2.75, 3.05) is 0 Å². The zero-order valence-corrected chi connectivity index (χ0v) is 13.9. The monoisotopic (exact) mass is 391 g/mol. The summed E-state index contributed by atoms with van der Waals surface area (Å²) < 4.78 is 1.92. The summed E-state index contributed by atoms with van der Waals surface area (Å²) in [4.78, 5) is 0.872. The lowest BCUT2D eigenvalue weighted by Gasteiger charge is -2.29. The highest BCUT2D eigenvalue weighted by molar-refractivity contribution is 9.13. The van der Waals surface area contributed by atoms with Crippen molar-refractivity contribution in [2.45, 2.75) is 44.6 Å². The molecule has 1 aliphatic rings. The molecule has 1 saturated carbocycles. The molecule has 1 fully saturated rings. The van der Waals surface area contributed by atoms with Crippen LogP contribution in [0.4, 0.5) is 0 Å². The first-order valence-electron chi connectivity index (χ1n) is 6.13. The molecule has 0 bridgehead atoms. The molecule has 1 aromatic rings. The molecule has 0 spiro atoms. The van der Waals surface area contributed by atoms with Crippen LogP contribution in [0.2, 0.25) is 0 Å². The predicted molar refractivity (Wildman–Crippen MR) is 80.4 cm³/mol. The first-order chi connectivity index (χ1) is 8.59. The Morgan fingerprint density at radius 1 is 1.28 bits per heavy atom. The number of hydrogen-bond acceptors (Lipinski definition) is 3. The summed E-state index contributed by atoms with van der Waals surface area (Å²) in [7, 11) is 0. The van der Waals surface area contributed by atoms with Crippen molar-refractivity contribution >= 4 is 43.2 Å². The smallest absolute Gasteiger partial charge is 0.107 e. The second-order valence-corrected chi connectivity index (χ2v) is 8.11. The minimum Gasteiger partial charge on any atom is -0.386 e. The molecule has 5 heteroatoms. The lowest BCUT2D eigenvalue weighted by molar-refractivity contribution is 0.0546. The highest BCUT2D eigenvalue weighted by Gasteiger charge is 2.40. The van der Waals surface area contributed by atoms with E-state index in [0.29, 0.717) is 0 Å². The maximum atomic E-state index is 10.6. The van der Waals surface area contributed by atoms with E-state index in [1.54, 1.807) is 0 Å². The molecule has 1 unspecified atom stereocenters. The van der Waals surface area contributed by atoms with Gasteiger partial charge in [0.25, 0.3) is 0 Å². The minimum atomic E-state index is -0.673. The summed E-state index contributed by atoms with van der Waals surface area (Å²) >= 11 is 8.38. The fourth-order valence-corrected chi connectivity index (χ4v) is 4.77. The van der Waals surface area contributed by atoms with Gasteiger partial charge in [0.2, 0.25) is 0 Å². The third-order valence-corrected chi connectivity index (χ3v) is 6.98. The lowest BCUT2D eigenvalue weighted by Crippen LogP contribution is -2.26. The van der Waals surface area contributed by atoms with Crippen molar-refractivity contribution in [1.29, 1.82) is 5.26 Å². The number of hydrogen-bond donors (Lipinski definition) is 1. The predicted octanol–water partition coefficient (Wildman–Crippen LogP) is 5.17. The van der Waals surface area contributed by atoms with Crippen molar-refractivity contribution in [2.24, 2.45) is 5.41 Å².